The lowest BCUT2D eigenvalue weighted by Gasteiger charge is -2.26. The highest BCUT2D eigenvalue weighted by atomic mass is 35.5. The van der Waals surface area contributed by atoms with Crippen molar-refractivity contribution in [2.45, 2.75) is 6.54 Å². The molecule has 1 amide bonds. The number of benzene rings is 2. The quantitative estimate of drug-likeness (QED) is 0.670. The standard InChI is InChI=1S/C20H23Cl2N3O4S/c1-30(27,28)25(13-15-3-2-4-18(21)20(15)22)17-7-5-16(6-8-17)23-19(26)14-24-9-11-29-12-10-24/h2-8H,9-14H2,1H3,(H,23,26). The van der Waals surface area contributed by atoms with Gasteiger partial charge < -0.3 is 10.1 Å². The van der Waals surface area contributed by atoms with E-state index in [1.165, 1.54) is 4.31 Å². The van der Waals surface area contributed by atoms with E-state index in [9.17, 15) is 13.2 Å². The molecule has 162 valence electrons. The fourth-order valence-electron chi connectivity index (χ4n) is 3.10. The van der Waals surface area contributed by atoms with Crippen molar-refractivity contribution in [2.75, 3.05) is 48.7 Å². The van der Waals surface area contributed by atoms with E-state index in [1.807, 2.05) is 4.90 Å². The predicted molar refractivity (Wildman–Crippen MR) is 120 cm³/mol. The van der Waals surface area contributed by atoms with Crippen LogP contribution < -0.4 is 9.62 Å². The Bertz CT molecular complexity index is 994. The summed E-state index contributed by atoms with van der Waals surface area (Å²) in [4.78, 5) is 14.3. The molecule has 0 radical (unpaired) electrons. The number of carbonyl (C=O) groups is 1. The van der Waals surface area contributed by atoms with Gasteiger partial charge in [0.2, 0.25) is 15.9 Å². The monoisotopic (exact) mass is 471 g/mol. The molecule has 0 unspecified atom stereocenters. The van der Waals surface area contributed by atoms with Crippen molar-refractivity contribution >= 4 is 50.5 Å². The molecule has 0 atom stereocenters. The molecule has 1 fully saturated rings. The molecule has 0 saturated carbocycles. The molecular weight excluding hydrogens is 449 g/mol. The number of nitrogens with one attached hydrogen (secondary N) is 1. The van der Waals surface area contributed by atoms with Gasteiger partial charge in [-0.3, -0.25) is 14.0 Å². The molecular formula is C20H23Cl2N3O4S. The second-order valence-electron chi connectivity index (χ2n) is 6.97. The summed E-state index contributed by atoms with van der Waals surface area (Å²) in [6.45, 7) is 3.03. The molecule has 1 heterocycles. The number of hydrogen-bond acceptors (Lipinski definition) is 5. The van der Waals surface area contributed by atoms with Crippen LogP contribution in [0.4, 0.5) is 11.4 Å². The Hall–Kier alpha value is -1.84. The topological polar surface area (TPSA) is 79.0 Å². The summed E-state index contributed by atoms with van der Waals surface area (Å²) in [7, 11) is -3.58. The minimum absolute atomic E-state index is 0.0426. The number of ether oxygens (including phenoxy) is 1. The zero-order valence-corrected chi connectivity index (χ0v) is 18.8. The first-order valence-corrected chi connectivity index (χ1v) is 11.9. The lowest BCUT2D eigenvalue weighted by molar-refractivity contribution is -0.118. The number of nitrogens with zero attached hydrogens (tertiary/aromatic N) is 2. The van der Waals surface area contributed by atoms with Crippen molar-refractivity contribution in [3.05, 3.63) is 58.1 Å². The van der Waals surface area contributed by atoms with Crippen molar-refractivity contribution in [2.24, 2.45) is 0 Å². The van der Waals surface area contributed by atoms with Crippen molar-refractivity contribution in [3.8, 4) is 0 Å². The third-order valence-corrected chi connectivity index (χ3v) is 6.65. The molecule has 30 heavy (non-hydrogen) atoms. The van der Waals surface area contributed by atoms with Gasteiger partial charge in [-0.25, -0.2) is 8.42 Å². The normalized spacial score (nSPS) is 15.0. The third kappa shape index (κ3) is 6.09. The third-order valence-electron chi connectivity index (χ3n) is 4.66. The van der Waals surface area contributed by atoms with E-state index in [1.54, 1.807) is 42.5 Å². The van der Waals surface area contributed by atoms with E-state index in [0.29, 0.717) is 40.2 Å². The first kappa shape index (κ1) is 22.8. The molecule has 1 aliphatic heterocycles. The summed E-state index contributed by atoms with van der Waals surface area (Å²) >= 11 is 12.3. The number of sulfonamides is 1. The van der Waals surface area contributed by atoms with E-state index in [-0.39, 0.29) is 19.0 Å². The fourth-order valence-corrected chi connectivity index (χ4v) is 4.36. The minimum atomic E-state index is -3.58. The summed E-state index contributed by atoms with van der Waals surface area (Å²) < 4.78 is 31.3. The number of morpholine rings is 1. The van der Waals surface area contributed by atoms with Gasteiger partial charge in [0.1, 0.15) is 0 Å². The Morgan fingerprint density at radius 1 is 1.13 bits per heavy atom. The van der Waals surface area contributed by atoms with Crippen LogP contribution in [0.2, 0.25) is 10.0 Å². The van der Waals surface area contributed by atoms with Gasteiger partial charge in [0.25, 0.3) is 0 Å². The van der Waals surface area contributed by atoms with Crippen LogP contribution in [-0.2, 0) is 26.1 Å². The highest BCUT2D eigenvalue weighted by Crippen LogP contribution is 2.29. The molecule has 1 saturated heterocycles. The first-order chi connectivity index (χ1) is 14.2. The Balaban J connectivity index is 1.71. The minimum Gasteiger partial charge on any atom is -0.379 e. The van der Waals surface area contributed by atoms with Crippen LogP contribution in [0.1, 0.15) is 5.56 Å². The van der Waals surface area contributed by atoms with Crippen LogP contribution in [-0.4, -0.2) is 58.3 Å². The number of anilines is 2. The molecule has 7 nitrogen and oxygen atoms in total. The average Bonchev–Trinajstić information content (AvgIpc) is 2.70. The predicted octanol–water partition coefficient (Wildman–Crippen LogP) is 3.23. The largest absolute Gasteiger partial charge is 0.379 e. The lowest BCUT2D eigenvalue weighted by atomic mass is 10.2. The molecule has 0 aliphatic carbocycles. The molecule has 10 heteroatoms. The Morgan fingerprint density at radius 3 is 2.43 bits per heavy atom. The molecule has 2 aromatic rings. The molecule has 1 aliphatic rings. The fraction of sp³-hybridized carbons (Fsp3) is 0.350. The van der Waals surface area contributed by atoms with Crippen LogP contribution in [0.15, 0.2) is 42.5 Å². The molecule has 0 aromatic heterocycles. The SMILES string of the molecule is CS(=O)(=O)N(Cc1cccc(Cl)c1Cl)c1ccc(NC(=O)CN2CCOCC2)cc1. The van der Waals surface area contributed by atoms with Gasteiger partial charge in [0.05, 0.1) is 48.3 Å². The zero-order chi connectivity index (χ0) is 21.7. The number of amides is 1. The van der Waals surface area contributed by atoms with Gasteiger partial charge in [0.15, 0.2) is 0 Å². The van der Waals surface area contributed by atoms with Gasteiger partial charge in [-0.1, -0.05) is 35.3 Å². The Labute approximate surface area is 186 Å². The molecule has 3 rings (SSSR count). The lowest BCUT2D eigenvalue weighted by Crippen LogP contribution is -2.41. The van der Waals surface area contributed by atoms with Crippen molar-refractivity contribution in [3.63, 3.8) is 0 Å². The number of rotatable bonds is 7. The van der Waals surface area contributed by atoms with E-state index in [2.05, 4.69) is 5.32 Å². The summed E-state index contributed by atoms with van der Waals surface area (Å²) in [5.74, 6) is -0.129. The van der Waals surface area contributed by atoms with E-state index < -0.39 is 10.0 Å². The van der Waals surface area contributed by atoms with E-state index >= 15 is 0 Å². The average molecular weight is 472 g/mol. The van der Waals surface area contributed by atoms with Gasteiger partial charge in [-0.05, 0) is 35.9 Å². The Morgan fingerprint density at radius 2 is 1.80 bits per heavy atom. The van der Waals surface area contributed by atoms with Crippen LogP contribution in [0, 0.1) is 0 Å². The zero-order valence-electron chi connectivity index (χ0n) is 16.5. The van der Waals surface area contributed by atoms with Crippen LogP contribution >= 0.6 is 23.2 Å². The van der Waals surface area contributed by atoms with E-state index in [0.717, 1.165) is 19.3 Å². The number of hydrogen-bond donors (Lipinski definition) is 1. The maximum absolute atomic E-state index is 12.4. The number of halogens is 2. The first-order valence-electron chi connectivity index (χ1n) is 9.34. The van der Waals surface area contributed by atoms with Crippen LogP contribution in [0.25, 0.3) is 0 Å². The van der Waals surface area contributed by atoms with Gasteiger partial charge >= 0.3 is 0 Å². The maximum Gasteiger partial charge on any atom is 0.238 e. The summed E-state index contributed by atoms with van der Waals surface area (Å²) in [5, 5.41) is 3.51. The van der Waals surface area contributed by atoms with Gasteiger partial charge in [-0.2, -0.15) is 0 Å². The molecule has 2 aromatic carbocycles. The van der Waals surface area contributed by atoms with E-state index in [4.69, 9.17) is 27.9 Å². The number of carbonyl (C=O) groups excluding carboxylic acids is 1. The second kappa shape index (κ2) is 9.98. The van der Waals surface area contributed by atoms with Crippen molar-refractivity contribution < 1.29 is 17.9 Å². The van der Waals surface area contributed by atoms with Crippen LogP contribution in [0.5, 0.6) is 0 Å². The van der Waals surface area contributed by atoms with Crippen molar-refractivity contribution in [1.82, 2.24) is 4.90 Å². The summed E-state index contributed by atoms with van der Waals surface area (Å²) in [6.07, 6.45) is 1.13. The second-order valence-corrected chi connectivity index (χ2v) is 9.66. The molecule has 1 N–H and O–H groups in total. The highest BCUT2D eigenvalue weighted by molar-refractivity contribution is 7.92. The molecule has 0 spiro atoms. The molecule has 0 bridgehead atoms. The van der Waals surface area contributed by atoms with Gasteiger partial charge in [-0.15, -0.1) is 0 Å². The Kier molecular flexibility index (Phi) is 7.60. The van der Waals surface area contributed by atoms with Crippen LogP contribution in [0.3, 0.4) is 0 Å². The van der Waals surface area contributed by atoms with Gasteiger partial charge in [0, 0.05) is 18.8 Å². The smallest absolute Gasteiger partial charge is 0.238 e. The summed E-state index contributed by atoms with van der Waals surface area (Å²) in [5.41, 5.74) is 1.64. The van der Waals surface area contributed by atoms with Crippen molar-refractivity contribution in [1.29, 1.82) is 0 Å². The summed E-state index contributed by atoms with van der Waals surface area (Å²) in [6, 6.07) is 11.7. The highest BCUT2D eigenvalue weighted by Gasteiger charge is 2.20. The maximum atomic E-state index is 12.4.